The molecule has 1 aliphatic rings. The van der Waals surface area contributed by atoms with E-state index in [4.69, 9.17) is 4.74 Å². The van der Waals surface area contributed by atoms with Crippen LogP contribution in [0.5, 0.6) is 5.75 Å². The molecule has 7 nitrogen and oxygen atoms in total. The maximum Gasteiger partial charge on any atom is 0.387 e. The van der Waals surface area contributed by atoms with Crippen LogP contribution in [0.1, 0.15) is 24.8 Å². The lowest BCUT2D eigenvalue weighted by atomic mass is 10.1. The second kappa shape index (κ2) is 11.5. The van der Waals surface area contributed by atoms with Gasteiger partial charge in [-0.05, 0) is 37.0 Å². The third-order valence-corrected chi connectivity index (χ3v) is 4.55. The summed E-state index contributed by atoms with van der Waals surface area (Å²) < 4.78 is 34.7. The Bertz CT molecular complexity index is 662. The van der Waals surface area contributed by atoms with Gasteiger partial charge < -0.3 is 24.6 Å². The van der Waals surface area contributed by atoms with Gasteiger partial charge in [0, 0.05) is 40.8 Å². The summed E-state index contributed by atoms with van der Waals surface area (Å²) in [5, 5.41) is 3.30. The van der Waals surface area contributed by atoms with E-state index >= 15 is 0 Å². The van der Waals surface area contributed by atoms with Gasteiger partial charge in [0.25, 0.3) is 0 Å². The van der Waals surface area contributed by atoms with Gasteiger partial charge in [-0.25, -0.2) is 4.99 Å². The van der Waals surface area contributed by atoms with Gasteiger partial charge in [0.1, 0.15) is 12.3 Å². The first kappa shape index (κ1) is 22.9. The van der Waals surface area contributed by atoms with Crippen LogP contribution >= 0.6 is 0 Å². The molecule has 2 rings (SSSR count). The molecule has 1 atom stereocenters. The van der Waals surface area contributed by atoms with Gasteiger partial charge in [-0.1, -0.05) is 12.1 Å². The molecule has 1 aromatic carbocycles. The van der Waals surface area contributed by atoms with Crippen LogP contribution in [0.25, 0.3) is 0 Å². The van der Waals surface area contributed by atoms with Gasteiger partial charge in [0.2, 0.25) is 5.91 Å². The second-order valence-electron chi connectivity index (χ2n) is 7.18. The molecule has 1 heterocycles. The molecule has 29 heavy (non-hydrogen) atoms. The number of hydrogen-bond acceptors (Lipinski definition) is 4. The van der Waals surface area contributed by atoms with E-state index in [1.165, 1.54) is 17.0 Å². The van der Waals surface area contributed by atoms with Crippen LogP contribution in [0.3, 0.4) is 0 Å². The molecule has 162 valence electrons. The monoisotopic (exact) mass is 412 g/mol. The van der Waals surface area contributed by atoms with Gasteiger partial charge in [0.15, 0.2) is 5.96 Å². The SMILES string of the molecule is CN(C)C(=O)CN=C(NCC1CCCCO1)N(C)Cc1ccc(OC(F)F)cc1. The lowest BCUT2D eigenvalue weighted by Gasteiger charge is -2.27. The third kappa shape index (κ3) is 8.23. The van der Waals surface area contributed by atoms with E-state index in [1.54, 1.807) is 26.2 Å². The number of nitrogens with one attached hydrogen (secondary N) is 1. The molecule has 9 heteroatoms. The summed E-state index contributed by atoms with van der Waals surface area (Å²) in [5.41, 5.74) is 0.900. The van der Waals surface area contributed by atoms with E-state index < -0.39 is 6.61 Å². The highest BCUT2D eigenvalue weighted by atomic mass is 19.3. The minimum atomic E-state index is -2.84. The van der Waals surface area contributed by atoms with Crippen molar-refractivity contribution in [1.82, 2.24) is 15.1 Å². The Kier molecular flexibility index (Phi) is 9.11. The number of amides is 1. The highest BCUT2D eigenvalue weighted by Gasteiger charge is 2.16. The summed E-state index contributed by atoms with van der Waals surface area (Å²) in [7, 11) is 5.23. The number of carbonyl (C=O) groups excluding carboxylic acids is 1. The zero-order valence-electron chi connectivity index (χ0n) is 17.2. The van der Waals surface area contributed by atoms with Crippen molar-refractivity contribution in [3.63, 3.8) is 0 Å². The minimum Gasteiger partial charge on any atom is -0.435 e. The van der Waals surface area contributed by atoms with Crippen molar-refractivity contribution >= 4 is 11.9 Å². The minimum absolute atomic E-state index is 0.0341. The number of carbonyl (C=O) groups is 1. The number of aliphatic imine (C=N–C) groups is 1. The quantitative estimate of drug-likeness (QED) is 0.524. The topological polar surface area (TPSA) is 66.4 Å². The van der Waals surface area contributed by atoms with E-state index in [1.807, 2.05) is 11.9 Å². The molecule has 1 saturated heterocycles. The maximum atomic E-state index is 12.3. The lowest BCUT2D eigenvalue weighted by Crippen LogP contribution is -2.43. The van der Waals surface area contributed by atoms with Crippen molar-refractivity contribution in [1.29, 1.82) is 0 Å². The molecular formula is C20H30F2N4O3. The predicted molar refractivity (Wildman–Crippen MR) is 107 cm³/mol. The van der Waals surface area contributed by atoms with Crippen LogP contribution in [0, 0.1) is 0 Å². The van der Waals surface area contributed by atoms with Crippen LogP contribution in [0.4, 0.5) is 8.78 Å². The number of halogens is 2. The Balaban J connectivity index is 2.00. The lowest BCUT2D eigenvalue weighted by molar-refractivity contribution is -0.127. The smallest absolute Gasteiger partial charge is 0.387 e. The standard InChI is InChI=1S/C20H30F2N4O3/c1-25(2)18(27)13-24-20(23-12-17-6-4-5-11-28-17)26(3)14-15-7-9-16(10-8-15)29-19(21)22/h7-10,17,19H,4-6,11-14H2,1-3H3,(H,23,24). The fraction of sp³-hybridized carbons (Fsp3) is 0.600. The number of likely N-dealkylation sites (N-methyl/N-ethyl adjacent to an activating group) is 1. The molecular weight excluding hydrogens is 382 g/mol. The zero-order chi connectivity index (χ0) is 21.2. The molecule has 0 radical (unpaired) electrons. The van der Waals surface area contributed by atoms with Gasteiger partial charge >= 0.3 is 6.61 Å². The number of hydrogen-bond donors (Lipinski definition) is 1. The Morgan fingerprint density at radius 3 is 2.59 bits per heavy atom. The van der Waals surface area contributed by atoms with Gasteiger partial charge in [-0.3, -0.25) is 4.79 Å². The highest BCUT2D eigenvalue weighted by molar-refractivity contribution is 5.84. The molecule has 1 unspecified atom stereocenters. The van der Waals surface area contributed by atoms with E-state index in [9.17, 15) is 13.6 Å². The van der Waals surface area contributed by atoms with E-state index in [-0.39, 0.29) is 24.3 Å². The Hall–Kier alpha value is -2.42. The van der Waals surface area contributed by atoms with E-state index in [0.717, 1.165) is 31.4 Å². The summed E-state index contributed by atoms with van der Waals surface area (Å²) in [4.78, 5) is 19.8. The van der Waals surface area contributed by atoms with Crippen LogP contribution < -0.4 is 10.1 Å². The zero-order valence-corrected chi connectivity index (χ0v) is 17.2. The molecule has 1 N–H and O–H groups in total. The Morgan fingerprint density at radius 1 is 1.28 bits per heavy atom. The number of benzene rings is 1. The van der Waals surface area contributed by atoms with Crippen molar-refractivity contribution in [2.24, 2.45) is 4.99 Å². The summed E-state index contributed by atoms with van der Waals surface area (Å²) in [6.45, 7) is -0.946. The van der Waals surface area contributed by atoms with Gasteiger partial charge in [-0.15, -0.1) is 0 Å². The van der Waals surface area contributed by atoms with Crippen molar-refractivity contribution in [2.75, 3.05) is 40.8 Å². The average molecular weight is 412 g/mol. The van der Waals surface area contributed by atoms with Crippen LogP contribution in [-0.2, 0) is 16.1 Å². The molecule has 0 bridgehead atoms. The molecule has 1 aromatic rings. The second-order valence-corrected chi connectivity index (χ2v) is 7.18. The molecule has 0 spiro atoms. The highest BCUT2D eigenvalue weighted by Crippen LogP contribution is 2.16. The first-order valence-electron chi connectivity index (χ1n) is 9.70. The van der Waals surface area contributed by atoms with Crippen molar-refractivity contribution in [3.8, 4) is 5.75 Å². The number of alkyl halides is 2. The predicted octanol–water partition coefficient (Wildman–Crippen LogP) is 2.32. The largest absolute Gasteiger partial charge is 0.435 e. The first-order chi connectivity index (χ1) is 13.8. The van der Waals surface area contributed by atoms with Gasteiger partial charge in [-0.2, -0.15) is 8.78 Å². The molecule has 1 fully saturated rings. The molecule has 0 aliphatic carbocycles. The molecule has 0 aromatic heterocycles. The van der Waals surface area contributed by atoms with E-state index in [0.29, 0.717) is 19.0 Å². The van der Waals surface area contributed by atoms with Crippen LogP contribution in [0.2, 0.25) is 0 Å². The Labute approximate surface area is 170 Å². The number of rotatable bonds is 8. The molecule has 1 aliphatic heterocycles. The van der Waals surface area contributed by atoms with Crippen molar-refractivity contribution < 1.29 is 23.0 Å². The fourth-order valence-electron chi connectivity index (χ4n) is 2.89. The maximum absolute atomic E-state index is 12.3. The summed E-state index contributed by atoms with van der Waals surface area (Å²) in [6.07, 6.45) is 3.34. The first-order valence-corrected chi connectivity index (χ1v) is 9.70. The number of guanidine groups is 1. The molecule has 0 saturated carbocycles. The van der Waals surface area contributed by atoms with Gasteiger partial charge in [0.05, 0.1) is 6.10 Å². The summed E-state index contributed by atoms with van der Waals surface area (Å²) in [5.74, 6) is 0.604. The third-order valence-electron chi connectivity index (χ3n) is 4.55. The Morgan fingerprint density at radius 2 is 2.00 bits per heavy atom. The van der Waals surface area contributed by atoms with Crippen LogP contribution in [0.15, 0.2) is 29.3 Å². The number of ether oxygens (including phenoxy) is 2. The van der Waals surface area contributed by atoms with Crippen molar-refractivity contribution in [2.45, 2.75) is 38.5 Å². The summed E-state index contributed by atoms with van der Waals surface area (Å²) in [6, 6.07) is 6.46. The van der Waals surface area contributed by atoms with Crippen molar-refractivity contribution in [3.05, 3.63) is 29.8 Å². The molecule has 1 amide bonds. The fourth-order valence-corrected chi connectivity index (χ4v) is 2.89. The normalized spacial score (nSPS) is 17.2. The average Bonchev–Trinajstić information content (AvgIpc) is 2.69. The number of nitrogens with zero attached hydrogens (tertiary/aromatic N) is 3. The van der Waals surface area contributed by atoms with Crippen LogP contribution in [-0.4, -0.2) is 75.2 Å². The van der Waals surface area contributed by atoms with E-state index in [2.05, 4.69) is 15.0 Å². The summed E-state index contributed by atoms with van der Waals surface area (Å²) >= 11 is 0.